The summed E-state index contributed by atoms with van der Waals surface area (Å²) in [6, 6.07) is 45.3. The van der Waals surface area contributed by atoms with Gasteiger partial charge in [-0.1, -0.05) is 171 Å². The highest BCUT2D eigenvalue weighted by atomic mass is 33.1. The van der Waals surface area contributed by atoms with Gasteiger partial charge in [-0.15, -0.1) is 0 Å². The Balaban J connectivity index is -0.000000148. The van der Waals surface area contributed by atoms with Gasteiger partial charge in [-0.05, 0) is 159 Å². The number of benzene rings is 3. The monoisotopic (exact) mass is 2080 g/mol. The number of amides is 2. The molecule has 3 heterocycles. The highest BCUT2D eigenvalue weighted by molar-refractivity contribution is 8.77. The fourth-order valence-corrected chi connectivity index (χ4v) is 16.3. The Hall–Kier alpha value is -9.32. The van der Waals surface area contributed by atoms with Crippen molar-refractivity contribution in [3.05, 3.63) is 181 Å². The van der Waals surface area contributed by atoms with Crippen molar-refractivity contribution in [2.45, 2.75) is 186 Å². The minimum Gasteiger partial charge on any atom is -0.481 e. The predicted molar refractivity (Wildman–Crippen MR) is 546 cm³/mol. The van der Waals surface area contributed by atoms with Crippen LogP contribution in [-0.2, 0) is 124 Å². The molecule has 0 aliphatic heterocycles. The number of aliphatic carboxylic acids is 4. The lowest BCUT2D eigenvalue weighted by Gasteiger charge is -2.11. The summed E-state index contributed by atoms with van der Waals surface area (Å²) in [5.41, 5.74) is 3.61. The molecule has 0 saturated carbocycles. The van der Waals surface area contributed by atoms with E-state index in [1.165, 1.54) is 73.7 Å². The van der Waals surface area contributed by atoms with Gasteiger partial charge >= 0.3 is 71.6 Å². The number of aliphatic hydroxyl groups is 4. The summed E-state index contributed by atoms with van der Waals surface area (Å²) in [4.78, 5) is 164. The third-order valence-corrected chi connectivity index (χ3v) is 23.7. The molecule has 0 aliphatic rings. The van der Waals surface area contributed by atoms with Gasteiger partial charge in [0.05, 0.1) is 78.0 Å². The first-order chi connectivity index (χ1) is 64.6. The van der Waals surface area contributed by atoms with E-state index in [-0.39, 0.29) is 130 Å². The topological polar surface area (TPSA) is 537 Å². The molecule has 6 rings (SSSR count). The van der Waals surface area contributed by atoms with Crippen LogP contribution in [0.5, 0.6) is 0 Å². The second-order valence-corrected chi connectivity index (χ2v) is 34.7. The number of aromatic nitrogens is 3. The lowest BCUT2D eigenvalue weighted by Crippen LogP contribution is -2.41. The van der Waals surface area contributed by atoms with Crippen LogP contribution in [0.15, 0.2) is 179 Å². The Morgan fingerprint density at radius 1 is 0.326 bits per heavy atom. The number of aliphatic hydroxyl groups excluding tert-OH is 4. The van der Waals surface area contributed by atoms with Gasteiger partial charge in [0, 0.05) is 120 Å². The first-order valence-corrected chi connectivity index (χ1v) is 51.7. The zero-order valence-corrected chi connectivity index (χ0v) is 85.0. The summed E-state index contributed by atoms with van der Waals surface area (Å²) in [6.45, 7) is 13.5. The van der Waals surface area contributed by atoms with E-state index in [9.17, 15) is 67.1 Å². The number of pyridine rings is 3. The smallest absolute Gasteiger partial charge is 0.327 e. The molecule has 0 bridgehead atoms. The summed E-state index contributed by atoms with van der Waals surface area (Å²) in [7, 11) is 16.1. The third-order valence-electron chi connectivity index (χ3n) is 14.1. The minimum atomic E-state index is -1.07. The quantitative estimate of drug-likeness (QED) is 0.00555. The molecular weight excluding hydrogens is 1930 g/mol. The van der Waals surface area contributed by atoms with Gasteiger partial charge in [0.2, 0.25) is 11.8 Å². The number of nitrogens with one attached hydrogen (secondary N) is 2. The van der Waals surface area contributed by atoms with Crippen molar-refractivity contribution < 1.29 is 152 Å². The molecule has 35 nitrogen and oxygen atoms in total. The Labute approximate surface area is 836 Å². The number of carboxylic acid groups (broad SMARTS) is 4. The van der Waals surface area contributed by atoms with E-state index in [1.807, 2.05) is 159 Å². The number of carboxylic acids is 4. The summed E-state index contributed by atoms with van der Waals surface area (Å²) in [5, 5.41) is 69.3. The molecule has 0 aliphatic carbocycles. The number of carbonyl (C=O) groups excluding carboxylic acids is 10. The number of rotatable bonds is 52. The standard InChI is InChI=1S/2C15H20O4.C13H16O4.C10H17NO5S2.2C10H13NO2S2.C8H9NO2S2.C5H9NO3S.4CH4O.CH4.4H2/c2*1-2-18-15(17)11-12-19-14(16)10-6-9-13-7-4-3-5-8-13;14-12(15)9-10-17-13(16)8-4-7-11-5-2-1-3-6-11;1-3-16-9(13)4-5-17-18-6-8(10(14)15)11-7(2)12;2*1-2-13-10(12)6-8-14-15-9-5-3-4-7-11-9;10-8(11)4-6-12-13-7-3-1-2-5-9-7;1-3(7)6-4(2-10)5(8)9;4*1-2;;;;;/h2*3-5,7-8H,2,6,9-12H2,1H3;1-3,5-6H,4,7-10H2,(H,14,15);8H,3-6H2,1-2H3,(H,11,12)(H,14,15);2*3-5,7H,2,6,8H2,1H3;1-3,5H,4,6H2,(H,10,11);4,10H,2H2,1H3,(H,6,7)(H,8,9);4*2H,1H3;1H4;4*1H/i;;;;;;;;;;;;;4*1+1. The average Bonchev–Trinajstić information content (AvgIpc) is 0.975. The molecule has 10 N–H and O–H groups in total. The molecule has 2 atom stereocenters. The number of ether oxygens (including phenoxy) is 8. The normalized spacial score (nSPS) is 9.84. The fraction of sp³-hybridized carbons (Fsp3) is 0.484. The number of thiol groups is 1. The number of hydrogen-bond donors (Lipinski definition) is 11. The fourth-order valence-electron chi connectivity index (χ4n) is 8.40. The van der Waals surface area contributed by atoms with Crippen molar-refractivity contribution in [1.82, 2.24) is 25.6 Å². The average molecular weight is 2080 g/mol. The van der Waals surface area contributed by atoms with E-state index in [0.717, 1.165) is 93.5 Å². The summed E-state index contributed by atoms with van der Waals surface area (Å²) < 4.78 is 38.5. The maximum absolute atomic E-state index is 11.4. The number of hydrogen-bond acceptors (Lipinski definition) is 38. The van der Waals surface area contributed by atoms with Crippen LogP contribution in [-0.4, -0.2) is 267 Å². The van der Waals surface area contributed by atoms with Crippen LogP contribution in [0.4, 0.5) is 0 Å². The molecule has 3 aromatic carbocycles. The van der Waals surface area contributed by atoms with Gasteiger partial charge in [0.1, 0.15) is 47.0 Å². The van der Waals surface area contributed by atoms with Crippen LogP contribution in [0.1, 0.15) is 162 Å². The van der Waals surface area contributed by atoms with E-state index in [4.69, 9.17) is 78.7 Å². The van der Waals surface area contributed by atoms with Crippen molar-refractivity contribution in [3.63, 3.8) is 0 Å². The van der Waals surface area contributed by atoms with Gasteiger partial charge < -0.3 is 89.4 Å². The zero-order valence-electron chi connectivity index (χ0n) is 77.6. The summed E-state index contributed by atoms with van der Waals surface area (Å²) in [6.07, 6.45) is 12.6. The summed E-state index contributed by atoms with van der Waals surface area (Å²) >= 11 is 3.73. The highest BCUT2D eigenvalue weighted by Crippen LogP contribution is 2.31. The molecule has 44 heteroatoms. The van der Waals surface area contributed by atoms with Crippen LogP contribution >= 0.6 is 99.0 Å². The van der Waals surface area contributed by atoms with Crippen molar-refractivity contribution in [2.75, 3.05) is 116 Å². The van der Waals surface area contributed by atoms with Gasteiger partial charge in [-0.2, -0.15) is 12.6 Å². The minimum absolute atomic E-state index is 0. The Morgan fingerprint density at radius 3 is 0.822 bits per heavy atom. The Kier molecular flexibility index (Phi) is 108. The maximum Gasteiger partial charge on any atom is 0.327 e. The van der Waals surface area contributed by atoms with Crippen LogP contribution in [0.3, 0.4) is 0 Å². The molecule has 0 spiro atoms. The Bertz CT molecular complexity index is 3830. The van der Waals surface area contributed by atoms with Gasteiger partial charge in [0.15, 0.2) is 0 Å². The molecule has 0 radical (unpaired) electrons. The lowest BCUT2D eigenvalue weighted by atomic mass is 10.1. The van der Waals surface area contributed by atoms with Crippen LogP contribution < -0.4 is 10.6 Å². The number of esters is 8. The van der Waals surface area contributed by atoms with Crippen molar-refractivity contribution in [1.29, 1.82) is 0 Å². The van der Waals surface area contributed by atoms with Crippen molar-refractivity contribution >= 4 is 182 Å². The van der Waals surface area contributed by atoms with E-state index in [1.54, 1.807) is 82.5 Å². The van der Waals surface area contributed by atoms with E-state index >= 15 is 0 Å². The first kappa shape index (κ1) is 139. The Morgan fingerprint density at radius 2 is 0.578 bits per heavy atom. The third kappa shape index (κ3) is 100. The molecule has 0 saturated heterocycles. The molecule has 768 valence electrons. The van der Waals surface area contributed by atoms with Crippen LogP contribution in [0, 0.1) is 0 Å². The highest BCUT2D eigenvalue weighted by Gasteiger charge is 2.19. The number of nitrogens with zero attached hydrogens (tertiary/aromatic N) is 3. The number of aryl methyl sites for hydroxylation is 3. The van der Waals surface area contributed by atoms with Crippen LogP contribution in [0.2, 0.25) is 0 Å². The van der Waals surface area contributed by atoms with Gasteiger partial charge in [0.25, 0.3) is 0 Å². The molecule has 2 unspecified atom stereocenters. The molecule has 135 heavy (non-hydrogen) atoms. The van der Waals surface area contributed by atoms with Crippen LogP contribution in [0.25, 0.3) is 0 Å². The predicted octanol–water partition coefficient (Wildman–Crippen LogP) is 15.4. The molecule has 2 amide bonds. The lowest BCUT2D eigenvalue weighted by molar-refractivity contribution is -0.151. The summed E-state index contributed by atoms with van der Waals surface area (Å²) in [5.74, 6) is -3.61. The molecule has 6 aromatic rings. The van der Waals surface area contributed by atoms with E-state index in [2.05, 4.69) is 38.2 Å². The second kappa shape index (κ2) is 105. The molecule has 3 aromatic heterocycles. The van der Waals surface area contributed by atoms with E-state index in [0.29, 0.717) is 83.1 Å². The maximum atomic E-state index is 11.4. The largest absolute Gasteiger partial charge is 0.481 e. The van der Waals surface area contributed by atoms with Gasteiger partial charge in [-0.3, -0.25) is 57.5 Å². The molecule has 0 fully saturated rings. The first-order valence-electron chi connectivity index (χ1n) is 41.7. The SMILES string of the molecule is C.CC(=O)NC(CS)C(=O)O.CCOC(=O)CCOC(=O)CCCc1ccccc1.CCOC(=O)CCOC(=O)CCCc1ccccc1.CCOC(=O)CCSSCC(NC(C)=O)C(=O)O.CCOC(=O)CCSSc1ccccn1.CCOC(=O)CCSSc1ccccn1.CO.CO.CO.CO.O=C(O)CCOC(=O)CCCc1ccccc1.O=C(O)CCSSc1ccccn1.[2HH].[2HH].[2HH].[2HH]. The second-order valence-electron chi connectivity index (χ2n) is 24.4. The van der Waals surface area contributed by atoms with Crippen molar-refractivity contribution in [3.8, 4) is 0 Å². The zero-order chi connectivity index (χ0) is 102. The van der Waals surface area contributed by atoms with Gasteiger partial charge in [-0.25, -0.2) is 24.5 Å². The number of carbonyl (C=O) groups is 14. The molecular formula is C91H145N5O30S9. The van der Waals surface area contributed by atoms with E-state index < -0.39 is 36.0 Å². The van der Waals surface area contributed by atoms with Crippen molar-refractivity contribution in [2.24, 2.45) is 0 Å².